The number of amides is 1. The number of H-pyrrole nitrogens is 1. The molecule has 1 amide bonds. The molecule has 0 aliphatic heterocycles. The molecule has 18 heavy (non-hydrogen) atoms. The number of nitrogens with one attached hydrogen (secondary N) is 2. The number of pyridine rings is 1. The van der Waals surface area contributed by atoms with Gasteiger partial charge in [-0.1, -0.05) is 20.8 Å². The van der Waals surface area contributed by atoms with Crippen molar-refractivity contribution in [3.8, 4) is 0 Å². The average Bonchev–Trinajstić information content (AvgIpc) is 2.36. The molecule has 0 spiro atoms. The molecule has 1 heterocycles. The number of aryl methyl sites for hydroxylation is 1. The van der Waals surface area contributed by atoms with Crippen molar-refractivity contribution in [3.05, 3.63) is 33.7 Å². The van der Waals surface area contributed by atoms with E-state index in [1.54, 1.807) is 6.92 Å². The normalized spacial score (nSPS) is 11.3. The van der Waals surface area contributed by atoms with Gasteiger partial charge in [0.15, 0.2) is 5.43 Å². The number of hydrogen-bond donors (Lipinski definition) is 2. The molecule has 0 aliphatic carbocycles. The lowest BCUT2D eigenvalue weighted by Crippen LogP contribution is -2.48. The van der Waals surface area contributed by atoms with Crippen LogP contribution in [0.5, 0.6) is 0 Å². The minimum Gasteiger partial charge on any atom is -0.364 e. The largest absolute Gasteiger partial charge is 0.364 e. The van der Waals surface area contributed by atoms with Crippen molar-refractivity contribution in [2.24, 2.45) is 0 Å². The van der Waals surface area contributed by atoms with Gasteiger partial charge in [0.05, 0.1) is 0 Å². The van der Waals surface area contributed by atoms with E-state index in [4.69, 9.17) is 0 Å². The third-order valence-corrected chi connectivity index (χ3v) is 3.71. The molecule has 0 atom stereocenters. The first-order chi connectivity index (χ1) is 8.48. The van der Waals surface area contributed by atoms with Gasteiger partial charge in [0.2, 0.25) is 0 Å². The van der Waals surface area contributed by atoms with E-state index in [0.29, 0.717) is 0 Å². The molecule has 1 rings (SSSR count). The van der Waals surface area contributed by atoms with Gasteiger partial charge in [-0.3, -0.25) is 9.59 Å². The molecule has 0 saturated heterocycles. The zero-order valence-electron chi connectivity index (χ0n) is 11.6. The molecule has 0 aliphatic rings. The Morgan fingerprint density at radius 1 is 1.28 bits per heavy atom. The molecule has 0 unspecified atom stereocenters. The zero-order valence-corrected chi connectivity index (χ0v) is 11.6. The first-order valence-electron chi connectivity index (χ1n) is 6.49. The molecular formula is C14H22N2O2. The van der Waals surface area contributed by atoms with Crippen LogP contribution in [0.1, 0.15) is 56.1 Å². The van der Waals surface area contributed by atoms with Crippen molar-refractivity contribution in [3.63, 3.8) is 0 Å². The highest BCUT2D eigenvalue weighted by Crippen LogP contribution is 2.19. The van der Waals surface area contributed by atoms with Crippen molar-refractivity contribution in [2.75, 3.05) is 0 Å². The number of carbonyl (C=O) groups is 1. The molecule has 0 radical (unpaired) electrons. The Labute approximate surface area is 108 Å². The first kappa shape index (κ1) is 14.5. The van der Waals surface area contributed by atoms with Crippen molar-refractivity contribution in [1.29, 1.82) is 0 Å². The summed E-state index contributed by atoms with van der Waals surface area (Å²) in [5.74, 6) is -0.290. The third-order valence-electron chi connectivity index (χ3n) is 3.71. The lowest BCUT2D eigenvalue weighted by molar-refractivity contribution is 0.0886. The number of rotatable bonds is 5. The zero-order chi connectivity index (χ0) is 13.8. The summed E-state index contributed by atoms with van der Waals surface area (Å²) in [5.41, 5.74) is 0.486. The summed E-state index contributed by atoms with van der Waals surface area (Å²) in [5, 5.41) is 3.00. The van der Waals surface area contributed by atoms with Crippen LogP contribution < -0.4 is 10.7 Å². The summed E-state index contributed by atoms with van der Waals surface area (Å²) >= 11 is 0. The highest BCUT2D eigenvalue weighted by atomic mass is 16.2. The van der Waals surface area contributed by atoms with E-state index in [1.165, 1.54) is 12.3 Å². The topological polar surface area (TPSA) is 62.0 Å². The SMILES string of the molecule is CCC(CC)(CC)NC(=O)c1c[nH]c(C)cc1=O. The minimum atomic E-state index is -0.290. The van der Waals surface area contributed by atoms with Crippen molar-refractivity contribution in [1.82, 2.24) is 10.3 Å². The molecule has 100 valence electrons. The van der Waals surface area contributed by atoms with Crippen LogP contribution in [0.15, 0.2) is 17.1 Å². The van der Waals surface area contributed by atoms with Gasteiger partial charge in [-0.25, -0.2) is 0 Å². The Kier molecular flexibility index (Phi) is 4.70. The Bertz CT molecular complexity index is 465. The summed E-state index contributed by atoms with van der Waals surface area (Å²) in [4.78, 5) is 26.8. The van der Waals surface area contributed by atoms with Gasteiger partial charge in [0.25, 0.3) is 5.91 Å². The van der Waals surface area contributed by atoms with Crippen LogP contribution in [0.3, 0.4) is 0 Å². The van der Waals surface area contributed by atoms with Gasteiger partial charge >= 0.3 is 0 Å². The number of aromatic nitrogens is 1. The summed E-state index contributed by atoms with van der Waals surface area (Å²) in [7, 11) is 0. The molecule has 0 aromatic carbocycles. The Hall–Kier alpha value is -1.58. The maximum Gasteiger partial charge on any atom is 0.257 e. The highest BCUT2D eigenvalue weighted by molar-refractivity contribution is 5.94. The molecule has 1 aromatic rings. The highest BCUT2D eigenvalue weighted by Gasteiger charge is 2.27. The van der Waals surface area contributed by atoms with Crippen molar-refractivity contribution >= 4 is 5.91 Å². The quantitative estimate of drug-likeness (QED) is 0.842. The molecule has 4 nitrogen and oxygen atoms in total. The lowest BCUT2D eigenvalue weighted by atomic mass is 9.89. The van der Waals surface area contributed by atoms with Crippen molar-refractivity contribution < 1.29 is 4.79 Å². The second-order valence-corrected chi connectivity index (χ2v) is 4.69. The predicted octanol–water partition coefficient (Wildman–Crippen LogP) is 2.38. The second-order valence-electron chi connectivity index (χ2n) is 4.69. The van der Waals surface area contributed by atoms with Gasteiger partial charge in [0.1, 0.15) is 5.56 Å². The molecule has 4 heteroatoms. The number of hydrogen-bond acceptors (Lipinski definition) is 2. The van der Waals surface area contributed by atoms with E-state index < -0.39 is 0 Å². The van der Waals surface area contributed by atoms with Gasteiger partial charge < -0.3 is 10.3 Å². The Morgan fingerprint density at radius 3 is 2.28 bits per heavy atom. The standard InChI is InChI=1S/C14H22N2O2/c1-5-14(6-2,7-3)16-13(18)11-9-15-10(4)8-12(11)17/h8-9H,5-7H2,1-4H3,(H,15,17)(H,16,18). The van der Waals surface area contributed by atoms with Gasteiger partial charge in [0, 0.05) is 23.5 Å². The monoisotopic (exact) mass is 250 g/mol. The van der Waals surface area contributed by atoms with Gasteiger partial charge in [-0.2, -0.15) is 0 Å². The van der Waals surface area contributed by atoms with E-state index in [-0.39, 0.29) is 22.4 Å². The first-order valence-corrected chi connectivity index (χ1v) is 6.49. The fourth-order valence-electron chi connectivity index (χ4n) is 2.07. The van der Waals surface area contributed by atoms with Crippen molar-refractivity contribution in [2.45, 2.75) is 52.5 Å². The summed E-state index contributed by atoms with van der Waals surface area (Å²) in [6.45, 7) is 7.93. The van der Waals surface area contributed by atoms with Crippen LogP contribution in [0, 0.1) is 6.92 Å². The van der Waals surface area contributed by atoms with Crippen LogP contribution in [-0.2, 0) is 0 Å². The van der Waals surface area contributed by atoms with E-state index in [0.717, 1.165) is 25.0 Å². The smallest absolute Gasteiger partial charge is 0.257 e. The maximum absolute atomic E-state index is 12.1. The minimum absolute atomic E-state index is 0.181. The molecule has 0 bridgehead atoms. The van der Waals surface area contributed by atoms with Crippen LogP contribution in [0.25, 0.3) is 0 Å². The van der Waals surface area contributed by atoms with E-state index in [9.17, 15) is 9.59 Å². The van der Waals surface area contributed by atoms with Crippen LogP contribution >= 0.6 is 0 Å². The van der Waals surface area contributed by atoms with Crippen LogP contribution in [0.2, 0.25) is 0 Å². The molecule has 0 fully saturated rings. The van der Waals surface area contributed by atoms with E-state index in [2.05, 4.69) is 10.3 Å². The third kappa shape index (κ3) is 3.00. The summed E-state index contributed by atoms with van der Waals surface area (Å²) in [6.07, 6.45) is 4.05. The molecule has 1 aromatic heterocycles. The molecule has 0 saturated carbocycles. The van der Waals surface area contributed by atoms with Crippen LogP contribution in [-0.4, -0.2) is 16.4 Å². The molecular weight excluding hydrogens is 228 g/mol. The Balaban J connectivity index is 2.98. The predicted molar refractivity (Wildman–Crippen MR) is 72.9 cm³/mol. The molecule has 2 N–H and O–H groups in total. The summed E-state index contributed by atoms with van der Waals surface area (Å²) in [6, 6.07) is 1.44. The Morgan fingerprint density at radius 2 is 1.83 bits per heavy atom. The van der Waals surface area contributed by atoms with E-state index in [1.807, 2.05) is 20.8 Å². The fraction of sp³-hybridized carbons (Fsp3) is 0.571. The second kappa shape index (κ2) is 5.85. The maximum atomic E-state index is 12.1. The van der Waals surface area contributed by atoms with Gasteiger partial charge in [-0.15, -0.1) is 0 Å². The summed E-state index contributed by atoms with van der Waals surface area (Å²) < 4.78 is 0. The number of carbonyl (C=O) groups excluding carboxylic acids is 1. The lowest BCUT2D eigenvalue weighted by Gasteiger charge is -2.31. The number of aromatic amines is 1. The fourth-order valence-corrected chi connectivity index (χ4v) is 2.07. The average molecular weight is 250 g/mol. The van der Waals surface area contributed by atoms with Gasteiger partial charge in [-0.05, 0) is 26.2 Å². The van der Waals surface area contributed by atoms with Crippen LogP contribution in [0.4, 0.5) is 0 Å². The van der Waals surface area contributed by atoms with E-state index >= 15 is 0 Å².